The summed E-state index contributed by atoms with van der Waals surface area (Å²) in [5.74, 6) is 0. The van der Waals surface area contributed by atoms with Crippen LogP contribution in [0.2, 0.25) is 0 Å². The zero-order valence-corrected chi connectivity index (χ0v) is 7.83. The lowest BCUT2D eigenvalue weighted by Gasteiger charge is -2.24. The van der Waals surface area contributed by atoms with Crippen molar-refractivity contribution in [2.75, 3.05) is 19.8 Å². The maximum absolute atomic E-state index is 10.2. The monoisotopic (exact) mass is 197 g/mol. The first-order valence-electron chi connectivity index (χ1n) is 3.61. The maximum atomic E-state index is 10.2. The first-order valence-corrected chi connectivity index (χ1v) is 4.74. The predicted octanol–water partition coefficient (Wildman–Crippen LogP) is 0.0337. The van der Waals surface area contributed by atoms with E-state index in [-0.39, 0.29) is 19.8 Å². The topological polar surface area (TPSA) is 87.0 Å². The van der Waals surface area contributed by atoms with E-state index in [1.165, 1.54) is 0 Å². The van der Waals surface area contributed by atoms with Crippen molar-refractivity contribution in [1.29, 1.82) is 0 Å². The van der Waals surface area contributed by atoms with Crippen LogP contribution in [0.5, 0.6) is 0 Å². The van der Waals surface area contributed by atoms with Gasteiger partial charge in [-0.25, -0.2) is 0 Å². The van der Waals surface area contributed by atoms with Crippen molar-refractivity contribution >= 4 is 8.25 Å². The molecule has 0 bridgehead atoms. The van der Waals surface area contributed by atoms with Crippen molar-refractivity contribution in [3.63, 3.8) is 0 Å². The van der Waals surface area contributed by atoms with Crippen molar-refractivity contribution in [2.45, 2.75) is 13.3 Å². The van der Waals surface area contributed by atoms with Crippen molar-refractivity contribution in [2.24, 2.45) is 5.41 Å². The van der Waals surface area contributed by atoms with Gasteiger partial charge in [0.15, 0.2) is 0 Å². The van der Waals surface area contributed by atoms with E-state index in [4.69, 9.17) is 15.1 Å². The van der Waals surface area contributed by atoms with E-state index in [2.05, 4.69) is 4.52 Å². The average molecular weight is 197 g/mol. The number of aliphatic hydroxyl groups is 2. The molecule has 0 radical (unpaired) electrons. The van der Waals surface area contributed by atoms with E-state index >= 15 is 0 Å². The third-order valence-electron chi connectivity index (χ3n) is 1.90. The highest BCUT2D eigenvalue weighted by Gasteiger charge is 2.31. The first kappa shape index (κ1) is 11.9. The van der Waals surface area contributed by atoms with Gasteiger partial charge in [-0.15, -0.1) is 9.42 Å². The van der Waals surface area contributed by atoms with E-state index in [0.717, 1.165) is 0 Å². The Bertz CT molecular complexity index is 137. The maximum Gasteiger partial charge on any atom is 0.694 e. The first-order chi connectivity index (χ1) is 5.60. The summed E-state index contributed by atoms with van der Waals surface area (Å²) in [7, 11) is -2.65. The highest BCUT2D eigenvalue weighted by Crippen LogP contribution is 2.26. The Labute approximate surface area is 71.9 Å². The van der Waals surface area contributed by atoms with E-state index in [9.17, 15) is 4.57 Å². The Kier molecular flexibility index (Phi) is 5.53. The Balaban J connectivity index is 4.01. The Hall–Kier alpha value is -0.0600. The van der Waals surface area contributed by atoms with Crippen LogP contribution in [-0.2, 0) is 9.09 Å². The van der Waals surface area contributed by atoms with Gasteiger partial charge in [0.25, 0.3) is 0 Å². The van der Waals surface area contributed by atoms with Gasteiger partial charge < -0.3 is 10.2 Å². The lowest BCUT2D eigenvalue weighted by Crippen LogP contribution is -2.33. The zero-order valence-electron chi connectivity index (χ0n) is 6.93. The number of aliphatic hydroxyl groups excluding tert-OH is 2. The summed E-state index contributed by atoms with van der Waals surface area (Å²) in [6, 6.07) is 0. The van der Waals surface area contributed by atoms with Crippen molar-refractivity contribution in [3.8, 4) is 0 Å². The molecule has 6 heteroatoms. The summed E-state index contributed by atoms with van der Waals surface area (Å²) in [4.78, 5) is 8.33. The van der Waals surface area contributed by atoms with Gasteiger partial charge in [-0.2, -0.15) is 0 Å². The molecule has 0 aromatic rings. The third-order valence-corrected chi connectivity index (χ3v) is 2.25. The third kappa shape index (κ3) is 3.56. The molecule has 1 atom stereocenters. The standard InChI is InChI=1S/C6H13O5P/c1-2-6(3-7,4-8)5-11-12(9)10/h7-8H,2-5H2,1H3/p+1. The van der Waals surface area contributed by atoms with Crippen molar-refractivity contribution < 1.29 is 24.2 Å². The number of hydrogen-bond acceptors (Lipinski definition) is 4. The number of rotatable bonds is 6. The smallest absolute Gasteiger partial charge is 0.396 e. The van der Waals surface area contributed by atoms with Crippen LogP contribution >= 0.6 is 8.25 Å². The van der Waals surface area contributed by atoms with Crippen LogP contribution in [0, 0.1) is 5.41 Å². The molecule has 0 saturated heterocycles. The van der Waals surface area contributed by atoms with Crippen LogP contribution in [0.15, 0.2) is 0 Å². The molecule has 72 valence electrons. The van der Waals surface area contributed by atoms with Crippen LogP contribution in [0.4, 0.5) is 0 Å². The number of hydrogen-bond donors (Lipinski definition) is 3. The molecule has 0 fully saturated rings. The minimum Gasteiger partial charge on any atom is -0.396 e. The second-order valence-electron chi connectivity index (χ2n) is 2.68. The van der Waals surface area contributed by atoms with Crippen LogP contribution in [0.3, 0.4) is 0 Å². The second kappa shape index (κ2) is 5.56. The largest absolute Gasteiger partial charge is 0.694 e. The predicted molar refractivity (Wildman–Crippen MR) is 42.7 cm³/mol. The minimum absolute atomic E-state index is 0.109. The van der Waals surface area contributed by atoms with Crippen molar-refractivity contribution in [1.82, 2.24) is 0 Å². The van der Waals surface area contributed by atoms with Gasteiger partial charge in [0.1, 0.15) is 6.61 Å². The van der Waals surface area contributed by atoms with Gasteiger partial charge in [0, 0.05) is 9.98 Å². The van der Waals surface area contributed by atoms with E-state index in [0.29, 0.717) is 6.42 Å². The van der Waals surface area contributed by atoms with Crippen LogP contribution in [0.1, 0.15) is 13.3 Å². The summed E-state index contributed by atoms with van der Waals surface area (Å²) in [5, 5.41) is 17.7. The summed E-state index contributed by atoms with van der Waals surface area (Å²) < 4.78 is 14.6. The van der Waals surface area contributed by atoms with Crippen LogP contribution in [0.25, 0.3) is 0 Å². The van der Waals surface area contributed by atoms with Gasteiger partial charge in [0.05, 0.1) is 13.2 Å². The molecule has 0 aliphatic rings. The molecular weight excluding hydrogens is 183 g/mol. The van der Waals surface area contributed by atoms with Gasteiger partial charge in [-0.3, -0.25) is 0 Å². The fourth-order valence-corrected chi connectivity index (χ4v) is 1.04. The Morgan fingerprint density at radius 3 is 2.17 bits per heavy atom. The SMILES string of the molecule is CCC(CO)(CO)CO[P+](=O)O. The zero-order chi connectivity index (χ0) is 9.61. The van der Waals surface area contributed by atoms with Gasteiger partial charge in [0.2, 0.25) is 0 Å². The molecule has 12 heavy (non-hydrogen) atoms. The lowest BCUT2D eigenvalue weighted by molar-refractivity contribution is 0.0108. The Morgan fingerprint density at radius 1 is 1.42 bits per heavy atom. The second-order valence-corrected chi connectivity index (χ2v) is 3.41. The molecule has 0 heterocycles. The van der Waals surface area contributed by atoms with Crippen molar-refractivity contribution in [3.05, 3.63) is 0 Å². The molecule has 0 rings (SSSR count). The van der Waals surface area contributed by atoms with Gasteiger partial charge in [-0.1, -0.05) is 6.92 Å². The van der Waals surface area contributed by atoms with E-state index < -0.39 is 13.7 Å². The quantitative estimate of drug-likeness (QED) is 0.523. The highest BCUT2D eigenvalue weighted by atomic mass is 31.1. The highest BCUT2D eigenvalue weighted by molar-refractivity contribution is 7.32. The van der Waals surface area contributed by atoms with Gasteiger partial charge >= 0.3 is 8.25 Å². The molecule has 0 saturated carbocycles. The summed E-state index contributed by atoms with van der Waals surface area (Å²) >= 11 is 0. The molecule has 1 unspecified atom stereocenters. The van der Waals surface area contributed by atoms with E-state index in [1.807, 2.05) is 0 Å². The molecule has 0 aliphatic carbocycles. The normalized spacial score (nSPS) is 13.2. The molecule has 3 N–H and O–H groups in total. The minimum atomic E-state index is -2.65. The lowest BCUT2D eigenvalue weighted by atomic mass is 9.88. The Morgan fingerprint density at radius 2 is 1.92 bits per heavy atom. The average Bonchev–Trinajstić information content (AvgIpc) is 2.08. The molecule has 0 amide bonds. The fourth-order valence-electron chi connectivity index (χ4n) is 0.659. The molecule has 0 aromatic carbocycles. The summed E-state index contributed by atoms with van der Waals surface area (Å²) in [6.07, 6.45) is 0.489. The molecular formula is C6H14O5P+. The summed E-state index contributed by atoms with van der Waals surface area (Å²) in [6.45, 7) is 1.13. The van der Waals surface area contributed by atoms with E-state index in [1.54, 1.807) is 6.92 Å². The fraction of sp³-hybridized carbons (Fsp3) is 1.00. The van der Waals surface area contributed by atoms with Crippen LogP contribution < -0.4 is 0 Å². The molecule has 0 aromatic heterocycles. The molecule has 5 nitrogen and oxygen atoms in total. The summed E-state index contributed by atoms with van der Waals surface area (Å²) in [5.41, 5.74) is -0.798. The van der Waals surface area contributed by atoms with Gasteiger partial charge in [-0.05, 0) is 6.42 Å². The molecule has 0 spiro atoms. The molecule has 0 aliphatic heterocycles. The van der Waals surface area contributed by atoms with Crippen LogP contribution in [-0.4, -0.2) is 34.9 Å².